The fourth-order valence-electron chi connectivity index (χ4n) is 1.76. The normalized spacial score (nSPS) is 11.7. The topological polar surface area (TPSA) is 72.2 Å². The third kappa shape index (κ3) is 3.67. The lowest BCUT2D eigenvalue weighted by atomic mass is 10.1. The number of thiophene rings is 1. The van der Waals surface area contributed by atoms with Gasteiger partial charge in [0.25, 0.3) is 0 Å². The molecule has 1 heterocycles. The van der Waals surface area contributed by atoms with Gasteiger partial charge in [0.2, 0.25) is 10.0 Å². The van der Waals surface area contributed by atoms with E-state index in [0.717, 1.165) is 16.9 Å². The fraction of sp³-hybridized carbons (Fsp3) is 0.286. The highest BCUT2D eigenvalue weighted by atomic mass is 32.2. The van der Waals surface area contributed by atoms with Crippen molar-refractivity contribution in [2.75, 3.05) is 0 Å². The summed E-state index contributed by atoms with van der Waals surface area (Å²) in [7, 11) is -3.46. The van der Waals surface area contributed by atoms with E-state index in [9.17, 15) is 8.42 Å². The molecule has 108 valence electrons. The average Bonchev–Trinajstić information content (AvgIpc) is 2.95. The molecule has 0 fully saturated rings. The molecule has 0 spiro atoms. The van der Waals surface area contributed by atoms with Crippen LogP contribution in [0.1, 0.15) is 22.9 Å². The summed E-state index contributed by atoms with van der Waals surface area (Å²) in [5, 5.41) is 1.62. The highest BCUT2D eigenvalue weighted by Crippen LogP contribution is 2.19. The third-order valence-electron chi connectivity index (χ3n) is 3.04. The number of hydrogen-bond donors (Lipinski definition) is 2. The summed E-state index contributed by atoms with van der Waals surface area (Å²) < 4.78 is 26.8. The first-order valence-corrected chi connectivity index (χ1v) is 8.76. The first-order chi connectivity index (χ1) is 9.55. The molecule has 2 rings (SSSR count). The van der Waals surface area contributed by atoms with E-state index in [-0.39, 0.29) is 4.90 Å². The Morgan fingerprint density at radius 1 is 1.20 bits per heavy atom. The first-order valence-electron chi connectivity index (χ1n) is 6.40. The number of hydrogen-bond acceptors (Lipinski definition) is 4. The number of nitrogens with one attached hydrogen (secondary N) is 1. The lowest BCUT2D eigenvalue weighted by molar-refractivity contribution is 0.581. The van der Waals surface area contributed by atoms with Gasteiger partial charge in [-0.1, -0.05) is 31.2 Å². The van der Waals surface area contributed by atoms with Crippen LogP contribution in [0.3, 0.4) is 0 Å². The number of rotatable bonds is 6. The number of nitrogens with two attached hydrogens (primary N) is 1. The fourth-order valence-corrected chi connectivity index (χ4v) is 3.94. The van der Waals surface area contributed by atoms with Crippen LogP contribution in [0.15, 0.2) is 40.6 Å². The number of benzene rings is 1. The van der Waals surface area contributed by atoms with Crippen molar-refractivity contribution in [3.63, 3.8) is 0 Å². The Kier molecular flexibility index (Phi) is 4.93. The molecule has 0 amide bonds. The van der Waals surface area contributed by atoms with Crippen LogP contribution in [0, 0.1) is 0 Å². The van der Waals surface area contributed by atoms with Gasteiger partial charge in [0.15, 0.2) is 0 Å². The summed E-state index contributed by atoms with van der Waals surface area (Å²) in [5.74, 6) is 0. The van der Waals surface area contributed by atoms with Crippen molar-refractivity contribution in [2.45, 2.75) is 31.3 Å². The van der Waals surface area contributed by atoms with Crippen molar-refractivity contribution in [1.29, 1.82) is 0 Å². The van der Waals surface area contributed by atoms with E-state index in [2.05, 4.69) is 11.6 Å². The molecule has 20 heavy (non-hydrogen) atoms. The maximum absolute atomic E-state index is 12.1. The quantitative estimate of drug-likeness (QED) is 0.859. The zero-order chi connectivity index (χ0) is 14.6. The predicted molar refractivity (Wildman–Crippen MR) is 82.1 cm³/mol. The smallest absolute Gasteiger partial charge is 0.241 e. The molecule has 0 saturated heterocycles. The molecule has 0 atom stereocenters. The van der Waals surface area contributed by atoms with Gasteiger partial charge in [-0.2, -0.15) is 0 Å². The Bertz CT molecular complexity index is 661. The number of aryl methyl sites for hydroxylation is 1. The third-order valence-corrected chi connectivity index (χ3v) is 5.53. The Morgan fingerprint density at radius 2 is 1.85 bits per heavy atom. The van der Waals surface area contributed by atoms with Gasteiger partial charge in [-0.15, -0.1) is 11.3 Å². The van der Waals surface area contributed by atoms with E-state index < -0.39 is 10.0 Å². The molecule has 0 bridgehead atoms. The van der Waals surface area contributed by atoms with E-state index >= 15 is 0 Å². The van der Waals surface area contributed by atoms with Crippen molar-refractivity contribution >= 4 is 21.4 Å². The second kappa shape index (κ2) is 6.49. The first kappa shape index (κ1) is 15.2. The minimum atomic E-state index is -3.46. The Labute approximate surface area is 123 Å². The molecule has 3 N–H and O–H groups in total. The van der Waals surface area contributed by atoms with Gasteiger partial charge in [-0.3, -0.25) is 0 Å². The van der Waals surface area contributed by atoms with Crippen LogP contribution in [0.4, 0.5) is 0 Å². The van der Waals surface area contributed by atoms with Crippen LogP contribution in [0.5, 0.6) is 0 Å². The molecule has 0 saturated carbocycles. The SMILES string of the molecule is CCc1ccc(CNS(=O)(=O)c2csc(CN)c2)cc1. The van der Waals surface area contributed by atoms with Crippen molar-refractivity contribution < 1.29 is 8.42 Å². The van der Waals surface area contributed by atoms with Crippen LogP contribution < -0.4 is 10.5 Å². The van der Waals surface area contributed by atoms with Crippen LogP contribution in [0.2, 0.25) is 0 Å². The lowest BCUT2D eigenvalue weighted by Gasteiger charge is -2.06. The molecule has 0 aliphatic rings. The van der Waals surface area contributed by atoms with Gasteiger partial charge in [0.05, 0.1) is 4.90 Å². The maximum Gasteiger partial charge on any atom is 0.241 e. The summed E-state index contributed by atoms with van der Waals surface area (Å²) in [5.41, 5.74) is 7.68. The molecular formula is C14H18N2O2S2. The largest absolute Gasteiger partial charge is 0.326 e. The minimum absolute atomic E-state index is 0.285. The highest BCUT2D eigenvalue weighted by Gasteiger charge is 2.15. The second-order valence-electron chi connectivity index (χ2n) is 4.45. The molecule has 0 unspecified atom stereocenters. The molecular weight excluding hydrogens is 292 g/mol. The van der Waals surface area contributed by atoms with Gasteiger partial charge in [0.1, 0.15) is 0 Å². The van der Waals surface area contributed by atoms with Crippen molar-refractivity contribution in [3.05, 3.63) is 51.7 Å². The lowest BCUT2D eigenvalue weighted by Crippen LogP contribution is -2.22. The van der Waals surface area contributed by atoms with Gasteiger partial charge in [0, 0.05) is 23.3 Å². The monoisotopic (exact) mass is 310 g/mol. The molecule has 0 aliphatic heterocycles. The van der Waals surface area contributed by atoms with Crippen molar-refractivity contribution in [2.24, 2.45) is 5.73 Å². The standard InChI is InChI=1S/C14H18N2O2S2/c1-2-11-3-5-12(6-4-11)9-16-20(17,18)14-7-13(8-15)19-10-14/h3-7,10,16H,2,8-9,15H2,1H3. The Hall–Kier alpha value is -1.21. The summed E-state index contributed by atoms with van der Waals surface area (Å²) >= 11 is 1.36. The highest BCUT2D eigenvalue weighted by molar-refractivity contribution is 7.89. The van der Waals surface area contributed by atoms with Crippen LogP contribution in [0.25, 0.3) is 0 Å². The second-order valence-corrected chi connectivity index (χ2v) is 7.21. The maximum atomic E-state index is 12.1. The zero-order valence-corrected chi connectivity index (χ0v) is 12.9. The van der Waals surface area contributed by atoms with Crippen LogP contribution >= 0.6 is 11.3 Å². The molecule has 1 aromatic carbocycles. The molecule has 1 aromatic heterocycles. The van der Waals surface area contributed by atoms with E-state index in [1.54, 1.807) is 11.4 Å². The average molecular weight is 310 g/mol. The van der Waals surface area contributed by atoms with E-state index in [1.165, 1.54) is 16.9 Å². The molecule has 4 nitrogen and oxygen atoms in total. The van der Waals surface area contributed by atoms with Crippen molar-refractivity contribution in [1.82, 2.24) is 4.72 Å². The predicted octanol–water partition coefficient (Wildman–Crippen LogP) is 2.25. The van der Waals surface area contributed by atoms with Gasteiger partial charge >= 0.3 is 0 Å². The molecule has 0 aliphatic carbocycles. The molecule has 6 heteroatoms. The summed E-state index contributed by atoms with van der Waals surface area (Å²) in [6.07, 6.45) is 0.975. The summed E-state index contributed by atoms with van der Waals surface area (Å²) in [6, 6.07) is 9.54. The van der Waals surface area contributed by atoms with Crippen LogP contribution in [-0.4, -0.2) is 8.42 Å². The molecule has 2 aromatic rings. The van der Waals surface area contributed by atoms with Gasteiger partial charge in [-0.05, 0) is 23.6 Å². The van der Waals surface area contributed by atoms with E-state index in [0.29, 0.717) is 13.1 Å². The summed E-state index contributed by atoms with van der Waals surface area (Å²) in [6.45, 7) is 2.74. The molecule has 0 radical (unpaired) electrons. The van der Waals surface area contributed by atoms with Gasteiger partial charge in [-0.25, -0.2) is 13.1 Å². The Morgan fingerprint density at radius 3 is 2.40 bits per heavy atom. The van der Waals surface area contributed by atoms with Crippen molar-refractivity contribution in [3.8, 4) is 0 Å². The summed E-state index contributed by atoms with van der Waals surface area (Å²) in [4.78, 5) is 1.14. The minimum Gasteiger partial charge on any atom is -0.326 e. The van der Waals surface area contributed by atoms with E-state index in [4.69, 9.17) is 5.73 Å². The van der Waals surface area contributed by atoms with Gasteiger partial charge < -0.3 is 5.73 Å². The Balaban J connectivity index is 2.04. The zero-order valence-electron chi connectivity index (χ0n) is 11.3. The van der Waals surface area contributed by atoms with Crippen LogP contribution in [-0.2, 0) is 29.5 Å². The number of sulfonamides is 1. The van der Waals surface area contributed by atoms with E-state index in [1.807, 2.05) is 24.3 Å².